The van der Waals surface area contributed by atoms with Crippen LogP contribution in [0, 0.1) is 0 Å². The maximum absolute atomic E-state index is 5.61. The zero-order chi connectivity index (χ0) is 13.5. The fraction of sp³-hybridized carbons (Fsp3) is 0.462. The lowest BCUT2D eigenvalue weighted by molar-refractivity contribution is 0.0356. The van der Waals surface area contributed by atoms with Gasteiger partial charge in [-0.15, -0.1) is 0 Å². The Bertz CT molecular complexity index is 748. The molecular formula is C13H16N6O. The van der Waals surface area contributed by atoms with E-state index in [2.05, 4.69) is 30.3 Å². The number of nitrogens with one attached hydrogen (secondary N) is 2. The van der Waals surface area contributed by atoms with Crippen molar-refractivity contribution in [2.45, 2.75) is 18.6 Å². The highest BCUT2D eigenvalue weighted by atomic mass is 16.5. The van der Waals surface area contributed by atoms with E-state index >= 15 is 0 Å². The standard InChI is InChI=1S/C13H16N6O/c1-20-11-7-14-4-3-10(11)19-12-8-2-5-15-13(8)16-6-9(12)17-18-19/h2,5-6,10-11,14,18H,3-4,7H2,1H3. The predicted molar refractivity (Wildman–Crippen MR) is 74.5 cm³/mol. The molecule has 0 amide bonds. The lowest BCUT2D eigenvalue weighted by Gasteiger charge is -2.31. The molecule has 2 N–H and O–H groups in total. The van der Waals surface area contributed by atoms with Crippen molar-refractivity contribution in [1.29, 1.82) is 0 Å². The van der Waals surface area contributed by atoms with Crippen molar-refractivity contribution in [3.05, 3.63) is 18.5 Å². The van der Waals surface area contributed by atoms with Gasteiger partial charge in [-0.3, -0.25) is 4.68 Å². The lowest BCUT2D eigenvalue weighted by atomic mass is 10.0. The van der Waals surface area contributed by atoms with Crippen molar-refractivity contribution >= 4 is 22.1 Å². The second-order valence-electron chi connectivity index (χ2n) is 5.09. The minimum Gasteiger partial charge on any atom is -0.378 e. The molecule has 3 aromatic rings. The number of H-pyrrole nitrogens is 1. The monoisotopic (exact) mass is 272 g/mol. The first-order chi connectivity index (χ1) is 9.88. The summed E-state index contributed by atoms with van der Waals surface area (Å²) in [5.41, 5.74) is 2.68. The number of pyridine rings is 1. The van der Waals surface area contributed by atoms with Gasteiger partial charge in [-0.25, -0.2) is 15.2 Å². The molecule has 4 rings (SSSR count). The Morgan fingerprint density at radius 1 is 1.40 bits per heavy atom. The number of hydrogen-bond acceptors (Lipinski definition) is 5. The van der Waals surface area contributed by atoms with Crippen LogP contribution >= 0.6 is 0 Å². The van der Waals surface area contributed by atoms with Crippen LogP contribution in [0.25, 0.3) is 22.1 Å². The van der Waals surface area contributed by atoms with Crippen LogP contribution in [0.5, 0.6) is 0 Å². The van der Waals surface area contributed by atoms with E-state index in [-0.39, 0.29) is 12.1 Å². The maximum Gasteiger partial charge on any atom is 0.161 e. The van der Waals surface area contributed by atoms with Gasteiger partial charge in [-0.2, -0.15) is 5.10 Å². The average Bonchev–Trinajstić information content (AvgIpc) is 3.12. The summed E-state index contributed by atoms with van der Waals surface area (Å²) < 4.78 is 7.71. The number of methoxy groups -OCH3 is 1. The van der Waals surface area contributed by atoms with Gasteiger partial charge in [0.25, 0.3) is 0 Å². The summed E-state index contributed by atoms with van der Waals surface area (Å²) in [6.45, 7) is 1.83. The molecule has 0 spiro atoms. The number of fused-ring (bicyclic) bond motifs is 3. The molecule has 3 aromatic heterocycles. The zero-order valence-electron chi connectivity index (χ0n) is 11.2. The normalized spacial score (nSPS) is 23.6. The van der Waals surface area contributed by atoms with E-state index in [0.29, 0.717) is 0 Å². The van der Waals surface area contributed by atoms with Crippen LogP contribution in [0.3, 0.4) is 0 Å². The molecule has 0 aliphatic carbocycles. The summed E-state index contributed by atoms with van der Waals surface area (Å²) in [5.74, 6) is 0. The fourth-order valence-corrected chi connectivity index (χ4v) is 3.02. The molecule has 2 atom stereocenters. The van der Waals surface area contributed by atoms with Gasteiger partial charge in [-0.05, 0) is 19.0 Å². The van der Waals surface area contributed by atoms with Gasteiger partial charge in [0.2, 0.25) is 0 Å². The van der Waals surface area contributed by atoms with Crippen molar-refractivity contribution in [2.24, 2.45) is 0 Å². The molecule has 1 fully saturated rings. The molecule has 7 heteroatoms. The first kappa shape index (κ1) is 11.8. The van der Waals surface area contributed by atoms with Gasteiger partial charge in [0.15, 0.2) is 5.65 Å². The Labute approximate surface area is 115 Å². The first-order valence-electron chi connectivity index (χ1n) is 6.78. The van der Waals surface area contributed by atoms with Crippen molar-refractivity contribution < 1.29 is 4.74 Å². The lowest BCUT2D eigenvalue weighted by Crippen LogP contribution is -2.43. The molecule has 7 nitrogen and oxygen atoms in total. The van der Waals surface area contributed by atoms with E-state index in [1.165, 1.54) is 0 Å². The van der Waals surface area contributed by atoms with Crippen LogP contribution in [0.4, 0.5) is 0 Å². The first-order valence-corrected chi connectivity index (χ1v) is 6.78. The summed E-state index contributed by atoms with van der Waals surface area (Å²) in [4.78, 5) is 8.58. The summed E-state index contributed by atoms with van der Waals surface area (Å²) in [5, 5.41) is 11.9. The molecule has 104 valence electrons. The molecule has 0 bridgehead atoms. The van der Waals surface area contributed by atoms with Gasteiger partial charge in [-0.1, -0.05) is 0 Å². The summed E-state index contributed by atoms with van der Waals surface area (Å²) in [7, 11) is 1.75. The van der Waals surface area contributed by atoms with Crippen LogP contribution in [-0.2, 0) is 4.74 Å². The molecule has 1 saturated heterocycles. The van der Waals surface area contributed by atoms with Crippen molar-refractivity contribution in [3.63, 3.8) is 0 Å². The Hall–Kier alpha value is -1.99. The molecule has 1 aliphatic rings. The Balaban J connectivity index is 1.92. The van der Waals surface area contributed by atoms with Crippen LogP contribution in [0.1, 0.15) is 12.5 Å². The number of aromatic amines is 1. The maximum atomic E-state index is 5.61. The van der Waals surface area contributed by atoms with Crippen molar-refractivity contribution in [3.8, 4) is 0 Å². The molecule has 0 radical (unpaired) electrons. The number of aromatic nitrogens is 5. The minimum atomic E-state index is 0.128. The molecule has 4 heterocycles. The zero-order valence-corrected chi connectivity index (χ0v) is 11.2. The number of rotatable bonds is 2. The van der Waals surface area contributed by atoms with E-state index < -0.39 is 0 Å². The van der Waals surface area contributed by atoms with E-state index in [4.69, 9.17) is 4.74 Å². The smallest absolute Gasteiger partial charge is 0.161 e. The van der Waals surface area contributed by atoms with Gasteiger partial charge >= 0.3 is 0 Å². The van der Waals surface area contributed by atoms with Gasteiger partial charge in [0.05, 0.1) is 23.9 Å². The molecular weight excluding hydrogens is 256 g/mol. The fourth-order valence-electron chi connectivity index (χ4n) is 3.02. The van der Waals surface area contributed by atoms with Crippen LogP contribution in [-0.4, -0.2) is 51.3 Å². The highest BCUT2D eigenvalue weighted by Gasteiger charge is 2.28. The molecule has 2 unspecified atom stereocenters. The number of hydrogen-bond donors (Lipinski definition) is 2. The number of ether oxygens (including phenoxy) is 1. The third kappa shape index (κ3) is 1.63. The van der Waals surface area contributed by atoms with Crippen molar-refractivity contribution in [1.82, 2.24) is 30.3 Å². The van der Waals surface area contributed by atoms with Gasteiger partial charge in [0, 0.05) is 25.2 Å². The minimum absolute atomic E-state index is 0.128. The summed E-state index contributed by atoms with van der Waals surface area (Å²) in [6, 6.07) is 2.23. The number of piperidine rings is 1. The molecule has 0 aromatic carbocycles. The Morgan fingerprint density at radius 2 is 2.35 bits per heavy atom. The summed E-state index contributed by atoms with van der Waals surface area (Å²) in [6.07, 6.45) is 4.67. The average molecular weight is 272 g/mol. The van der Waals surface area contributed by atoms with Crippen LogP contribution in [0.15, 0.2) is 18.5 Å². The quantitative estimate of drug-likeness (QED) is 0.723. The van der Waals surface area contributed by atoms with Crippen LogP contribution in [0.2, 0.25) is 0 Å². The second kappa shape index (κ2) is 4.53. The topological polar surface area (TPSA) is 80.6 Å². The highest BCUT2D eigenvalue weighted by molar-refractivity contribution is 6.00. The third-order valence-electron chi connectivity index (χ3n) is 4.03. The Morgan fingerprint density at radius 3 is 3.25 bits per heavy atom. The van der Waals surface area contributed by atoms with E-state index in [0.717, 1.165) is 41.6 Å². The largest absolute Gasteiger partial charge is 0.378 e. The molecule has 0 saturated carbocycles. The van der Waals surface area contributed by atoms with Crippen LogP contribution < -0.4 is 5.32 Å². The number of nitrogens with zero attached hydrogens (tertiary/aromatic N) is 4. The van der Waals surface area contributed by atoms with E-state index in [1.807, 2.05) is 6.07 Å². The van der Waals surface area contributed by atoms with Gasteiger partial charge < -0.3 is 10.1 Å². The van der Waals surface area contributed by atoms with Gasteiger partial charge in [0.1, 0.15) is 5.52 Å². The Kier molecular flexibility index (Phi) is 2.68. The summed E-state index contributed by atoms with van der Waals surface area (Å²) >= 11 is 0. The van der Waals surface area contributed by atoms with E-state index in [1.54, 1.807) is 19.5 Å². The van der Waals surface area contributed by atoms with E-state index in [9.17, 15) is 0 Å². The van der Waals surface area contributed by atoms with Crippen molar-refractivity contribution in [2.75, 3.05) is 20.2 Å². The second-order valence-corrected chi connectivity index (χ2v) is 5.09. The molecule has 20 heavy (non-hydrogen) atoms. The third-order valence-corrected chi connectivity index (χ3v) is 4.03. The highest BCUT2D eigenvalue weighted by Crippen LogP contribution is 2.28. The molecule has 1 aliphatic heterocycles. The SMILES string of the molecule is COC1CNCCC1n1[nH]nc2cnc3nccc3c21. The predicted octanol–water partition coefficient (Wildman–Crippen LogP) is 0.857.